The van der Waals surface area contributed by atoms with Gasteiger partial charge in [0.2, 0.25) is 0 Å². The van der Waals surface area contributed by atoms with Crippen LogP contribution < -0.4 is 9.62 Å². The minimum Gasteiger partial charge on any atom is -0.379 e. The fourth-order valence-electron chi connectivity index (χ4n) is 5.81. The van der Waals surface area contributed by atoms with Gasteiger partial charge in [0.05, 0.1) is 35.7 Å². The molecule has 4 heterocycles. The molecule has 6 rings (SSSR count). The molecule has 8 nitrogen and oxygen atoms in total. The Morgan fingerprint density at radius 3 is 2.51 bits per heavy atom. The van der Waals surface area contributed by atoms with Crippen LogP contribution in [0.3, 0.4) is 0 Å². The molecule has 37 heavy (non-hydrogen) atoms. The summed E-state index contributed by atoms with van der Waals surface area (Å²) in [6, 6.07) is 12.8. The van der Waals surface area contributed by atoms with Crippen molar-refractivity contribution >= 4 is 34.6 Å². The lowest BCUT2D eigenvalue weighted by Gasteiger charge is -2.41. The number of hydrogen-bond donors (Lipinski definition) is 1. The molecule has 3 fully saturated rings. The number of para-hydroxylation sites is 1. The topological polar surface area (TPSA) is 75.5 Å². The van der Waals surface area contributed by atoms with Gasteiger partial charge in [-0.1, -0.05) is 43.5 Å². The maximum absolute atomic E-state index is 13.1. The lowest BCUT2D eigenvalue weighted by molar-refractivity contribution is 0.0115. The van der Waals surface area contributed by atoms with Gasteiger partial charge in [-0.2, -0.15) is 5.10 Å². The molecule has 1 aliphatic carbocycles. The van der Waals surface area contributed by atoms with Crippen molar-refractivity contribution in [3.05, 3.63) is 47.8 Å². The van der Waals surface area contributed by atoms with E-state index >= 15 is 0 Å². The van der Waals surface area contributed by atoms with E-state index in [-0.39, 0.29) is 5.91 Å². The highest BCUT2D eigenvalue weighted by molar-refractivity contribution is 7.97. The Hall–Kier alpha value is -2.62. The first kappa shape index (κ1) is 24.7. The Balaban J connectivity index is 1.42. The molecule has 3 aliphatic rings. The van der Waals surface area contributed by atoms with Gasteiger partial charge in [-0.3, -0.25) is 14.4 Å². The number of rotatable bonds is 7. The molecule has 2 aliphatic heterocycles. The fourth-order valence-corrected chi connectivity index (χ4v) is 6.19. The van der Waals surface area contributed by atoms with Crippen molar-refractivity contribution in [2.45, 2.75) is 51.0 Å². The summed E-state index contributed by atoms with van der Waals surface area (Å²) in [5.74, 6) is 1.11. The minimum atomic E-state index is -0.149. The number of aromatic nitrogens is 3. The van der Waals surface area contributed by atoms with Crippen molar-refractivity contribution in [1.29, 1.82) is 0 Å². The molecule has 3 aromatic rings. The lowest BCUT2D eigenvalue weighted by atomic mass is 9.82. The molecular formula is C28H36N6O2S. The van der Waals surface area contributed by atoms with Crippen LogP contribution in [0.25, 0.3) is 16.7 Å². The molecule has 0 spiro atoms. The lowest BCUT2D eigenvalue weighted by Crippen LogP contribution is -2.49. The van der Waals surface area contributed by atoms with Crippen LogP contribution in [-0.2, 0) is 4.74 Å². The largest absolute Gasteiger partial charge is 0.379 e. The van der Waals surface area contributed by atoms with Gasteiger partial charge < -0.3 is 9.64 Å². The van der Waals surface area contributed by atoms with Crippen LogP contribution in [0.4, 0.5) is 5.69 Å². The average Bonchev–Trinajstić information content (AvgIpc) is 3.30. The Kier molecular flexibility index (Phi) is 7.35. The summed E-state index contributed by atoms with van der Waals surface area (Å²) in [5.41, 5.74) is 4.46. The highest BCUT2D eigenvalue weighted by Crippen LogP contribution is 2.43. The number of fused-ring (bicyclic) bond motifs is 1. The van der Waals surface area contributed by atoms with Crippen LogP contribution in [0.15, 0.2) is 36.4 Å². The molecule has 1 amide bonds. The quantitative estimate of drug-likeness (QED) is 0.463. The Labute approximate surface area is 222 Å². The number of amides is 1. The van der Waals surface area contributed by atoms with Crippen LogP contribution in [0, 0.1) is 0 Å². The average molecular weight is 521 g/mol. The zero-order valence-corrected chi connectivity index (χ0v) is 22.4. The Morgan fingerprint density at radius 1 is 1.08 bits per heavy atom. The van der Waals surface area contributed by atoms with E-state index in [1.165, 1.54) is 18.4 Å². The minimum absolute atomic E-state index is 0.149. The molecule has 0 atom stereocenters. The summed E-state index contributed by atoms with van der Waals surface area (Å²) in [6.07, 6.45) is 5.79. The predicted octanol–water partition coefficient (Wildman–Crippen LogP) is 4.39. The van der Waals surface area contributed by atoms with Crippen molar-refractivity contribution in [1.82, 2.24) is 24.4 Å². The number of hydrogen-bond acceptors (Lipinski definition) is 7. The van der Waals surface area contributed by atoms with Crippen molar-refractivity contribution in [3.8, 4) is 5.69 Å². The number of benzene rings is 1. The van der Waals surface area contributed by atoms with E-state index in [1.54, 1.807) is 0 Å². The number of anilines is 1. The van der Waals surface area contributed by atoms with Crippen LogP contribution in [0.5, 0.6) is 0 Å². The van der Waals surface area contributed by atoms with Crippen LogP contribution in [0.1, 0.15) is 61.1 Å². The first-order valence-corrected chi connectivity index (χ1v) is 14.7. The van der Waals surface area contributed by atoms with Crippen molar-refractivity contribution < 1.29 is 9.53 Å². The Bertz CT molecular complexity index is 1230. The zero-order valence-electron chi connectivity index (χ0n) is 21.6. The van der Waals surface area contributed by atoms with Gasteiger partial charge in [-0.05, 0) is 43.9 Å². The standard InChI is InChI=1S/C28H36N6O2S/c1-2-37-31-28(35)23-19-24(33-13-11-21(12-14-33)32-15-17-36-18-16-32)25-26(20-7-6-8-20)30-34(27(25)29-23)22-9-4-3-5-10-22/h3-5,9-10,19-21H,2,6-8,11-18H2,1H3,(H,31,35). The summed E-state index contributed by atoms with van der Waals surface area (Å²) in [4.78, 5) is 23.1. The molecule has 0 bridgehead atoms. The number of piperidine rings is 1. The van der Waals surface area contributed by atoms with Gasteiger partial charge in [0.25, 0.3) is 5.91 Å². The molecule has 2 saturated heterocycles. The zero-order chi connectivity index (χ0) is 25.2. The molecule has 9 heteroatoms. The first-order valence-electron chi connectivity index (χ1n) is 13.7. The van der Waals surface area contributed by atoms with Crippen LogP contribution in [-0.4, -0.2) is 76.8 Å². The number of carbonyl (C=O) groups excluding carboxylic acids is 1. The number of nitrogens with zero attached hydrogens (tertiary/aromatic N) is 5. The SMILES string of the molecule is CCSNC(=O)c1cc(N2CCC(N3CCOCC3)CC2)c2c(C3CCC3)nn(-c3ccccc3)c2n1. The van der Waals surface area contributed by atoms with Gasteiger partial charge in [0, 0.05) is 43.9 Å². The van der Waals surface area contributed by atoms with E-state index in [9.17, 15) is 4.79 Å². The van der Waals surface area contributed by atoms with Gasteiger partial charge >= 0.3 is 0 Å². The van der Waals surface area contributed by atoms with Gasteiger partial charge in [0.15, 0.2) is 5.65 Å². The maximum Gasteiger partial charge on any atom is 0.279 e. The number of pyridine rings is 1. The van der Waals surface area contributed by atoms with Crippen molar-refractivity contribution in [2.75, 3.05) is 50.0 Å². The second kappa shape index (κ2) is 11.0. The van der Waals surface area contributed by atoms with Crippen LogP contribution in [0.2, 0.25) is 0 Å². The monoisotopic (exact) mass is 520 g/mol. The predicted molar refractivity (Wildman–Crippen MR) is 149 cm³/mol. The third-order valence-electron chi connectivity index (χ3n) is 8.05. The summed E-state index contributed by atoms with van der Waals surface area (Å²) >= 11 is 1.41. The van der Waals surface area contributed by atoms with Crippen molar-refractivity contribution in [3.63, 3.8) is 0 Å². The molecule has 1 saturated carbocycles. The molecule has 196 valence electrons. The number of morpholine rings is 1. The summed E-state index contributed by atoms with van der Waals surface area (Å²) in [7, 11) is 0. The molecule has 1 aromatic carbocycles. The van der Waals surface area contributed by atoms with Crippen LogP contribution >= 0.6 is 11.9 Å². The Morgan fingerprint density at radius 2 is 1.84 bits per heavy atom. The summed E-state index contributed by atoms with van der Waals surface area (Å²) in [6.45, 7) is 7.68. The normalized spacial score (nSPS) is 19.8. The molecule has 0 radical (unpaired) electrons. The summed E-state index contributed by atoms with van der Waals surface area (Å²) in [5, 5.41) is 6.28. The van der Waals surface area contributed by atoms with E-state index < -0.39 is 0 Å². The summed E-state index contributed by atoms with van der Waals surface area (Å²) < 4.78 is 10.5. The first-order chi connectivity index (χ1) is 18.2. The van der Waals surface area contributed by atoms with Crippen molar-refractivity contribution in [2.24, 2.45) is 0 Å². The second-order valence-electron chi connectivity index (χ2n) is 10.2. The highest BCUT2D eigenvalue weighted by atomic mass is 32.2. The van der Waals surface area contributed by atoms with Gasteiger partial charge in [-0.15, -0.1) is 0 Å². The number of carbonyl (C=O) groups is 1. The fraction of sp³-hybridized carbons (Fsp3) is 0.536. The van der Waals surface area contributed by atoms with E-state index in [0.29, 0.717) is 17.7 Å². The van der Waals surface area contributed by atoms with Gasteiger partial charge in [-0.25, -0.2) is 9.67 Å². The van der Waals surface area contributed by atoms with E-state index in [0.717, 1.165) is 98.9 Å². The number of ether oxygens (including phenoxy) is 1. The number of nitrogens with one attached hydrogen (secondary N) is 1. The molecule has 0 unspecified atom stereocenters. The van der Waals surface area contributed by atoms with E-state index in [1.807, 2.05) is 35.9 Å². The molecule has 1 N–H and O–H groups in total. The third kappa shape index (κ3) is 4.96. The maximum atomic E-state index is 13.1. The highest BCUT2D eigenvalue weighted by Gasteiger charge is 2.32. The molecular weight excluding hydrogens is 484 g/mol. The third-order valence-corrected chi connectivity index (χ3v) is 8.66. The van der Waals surface area contributed by atoms with E-state index in [4.69, 9.17) is 14.8 Å². The van der Waals surface area contributed by atoms with E-state index in [2.05, 4.69) is 26.7 Å². The smallest absolute Gasteiger partial charge is 0.279 e. The second-order valence-corrected chi connectivity index (χ2v) is 11.3. The molecule has 2 aromatic heterocycles. The van der Waals surface area contributed by atoms with Gasteiger partial charge in [0.1, 0.15) is 5.69 Å².